The van der Waals surface area contributed by atoms with Crippen LogP contribution in [0.15, 0.2) is 34.9 Å². The van der Waals surface area contributed by atoms with Crippen LogP contribution < -0.4 is 0 Å². The van der Waals surface area contributed by atoms with Crippen LogP contribution >= 0.6 is 0 Å². The Bertz CT molecular complexity index is 554. The molecule has 5 heteroatoms. The first-order valence-corrected chi connectivity index (χ1v) is 7.60. The van der Waals surface area contributed by atoms with Crippen molar-refractivity contribution in [3.05, 3.63) is 36.2 Å². The topological polar surface area (TPSA) is 62.4 Å². The normalized spacial score (nSPS) is 19.8. The van der Waals surface area contributed by atoms with E-state index in [1.807, 2.05) is 30.3 Å². The maximum Gasteiger partial charge on any atom is 0.241 e. The van der Waals surface area contributed by atoms with Gasteiger partial charge in [0.25, 0.3) is 0 Å². The number of benzene rings is 1. The van der Waals surface area contributed by atoms with Gasteiger partial charge in [0.15, 0.2) is 0 Å². The van der Waals surface area contributed by atoms with Gasteiger partial charge in [-0.25, -0.2) is 0 Å². The van der Waals surface area contributed by atoms with E-state index in [1.165, 1.54) is 12.8 Å². The molecule has 1 fully saturated rings. The van der Waals surface area contributed by atoms with Gasteiger partial charge in [-0.05, 0) is 25.8 Å². The van der Waals surface area contributed by atoms with Crippen LogP contribution in [0.3, 0.4) is 0 Å². The van der Waals surface area contributed by atoms with Crippen molar-refractivity contribution in [1.29, 1.82) is 0 Å². The van der Waals surface area contributed by atoms with Gasteiger partial charge in [-0.3, -0.25) is 4.90 Å². The lowest BCUT2D eigenvalue weighted by atomic mass is 10.00. The number of nitrogens with zero attached hydrogens (tertiary/aromatic N) is 3. The van der Waals surface area contributed by atoms with Crippen molar-refractivity contribution in [3.8, 4) is 11.4 Å². The number of likely N-dealkylation sites (tertiary alicyclic amines) is 1. The molecule has 1 atom stereocenters. The Hall–Kier alpha value is -1.72. The summed E-state index contributed by atoms with van der Waals surface area (Å²) >= 11 is 0. The zero-order chi connectivity index (χ0) is 14.5. The van der Waals surface area contributed by atoms with Crippen LogP contribution in [-0.2, 0) is 6.54 Å². The Balaban J connectivity index is 1.69. The largest absolute Gasteiger partial charge is 0.396 e. The molecule has 3 rings (SSSR count). The summed E-state index contributed by atoms with van der Waals surface area (Å²) in [7, 11) is 0. The van der Waals surface area contributed by atoms with Crippen LogP contribution in [0.4, 0.5) is 0 Å². The standard InChI is InChI=1S/C16H21N3O2/c20-11-9-14-8-4-5-10-19(14)12-15-17-16(18-21-15)13-6-2-1-3-7-13/h1-3,6-7,14,20H,4-5,8-12H2. The van der Waals surface area contributed by atoms with Gasteiger partial charge in [-0.1, -0.05) is 41.9 Å². The van der Waals surface area contributed by atoms with E-state index in [-0.39, 0.29) is 6.61 Å². The molecule has 1 unspecified atom stereocenters. The molecule has 21 heavy (non-hydrogen) atoms. The molecule has 2 aromatic rings. The molecular weight excluding hydrogens is 266 g/mol. The predicted molar refractivity (Wildman–Crippen MR) is 79.5 cm³/mol. The minimum atomic E-state index is 0.236. The SMILES string of the molecule is OCCC1CCCCN1Cc1nc(-c2ccccc2)no1. The Morgan fingerprint density at radius 3 is 2.90 bits per heavy atom. The number of aliphatic hydroxyl groups excluding tert-OH is 1. The molecular formula is C16H21N3O2. The average molecular weight is 287 g/mol. The quantitative estimate of drug-likeness (QED) is 0.915. The van der Waals surface area contributed by atoms with Crippen LogP contribution in [0, 0.1) is 0 Å². The van der Waals surface area contributed by atoms with Gasteiger partial charge in [0.2, 0.25) is 11.7 Å². The fraction of sp³-hybridized carbons (Fsp3) is 0.500. The van der Waals surface area contributed by atoms with Gasteiger partial charge in [-0.15, -0.1) is 0 Å². The zero-order valence-corrected chi connectivity index (χ0v) is 12.1. The Labute approximate surface area is 124 Å². The fourth-order valence-corrected chi connectivity index (χ4v) is 2.94. The Morgan fingerprint density at radius 1 is 1.24 bits per heavy atom. The molecule has 1 aromatic carbocycles. The Kier molecular flexibility index (Phi) is 4.62. The lowest BCUT2D eigenvalue weighted by Gasteiger charge is -2.34. The van der Waals surface area contributed by atoms with Crippen molar-refractivity contribution in [3.63, 3.8) is 0 Å². The molecule has 0 saturated carbocycles. The molecule has 112 valence electrons. The first-order chi connectivity index (χ1) is 10.4. The first-order valence-electron chi connectivity index (χ1n) is 7.60. The van der Waals surface area contributed by atoms with Gasteiger partial charge >= 0.3 is 0 Å². The smallest absolute Gasteiger partial charge is 0.241 e. The molecule has 0 spiro atoms. The second-order valence-electron chi connectivity index (χ2n) is 5.51. The first kappa shape index (κ1) is 14.2. The van der Waals surface area contributed by atoms with Crippen LogP contribution in [0.25, 0.3) is 11.4 Å². The van der Waals surface area contributed by atoms with Gasteiger partial charge in [-0.2, -0.15) is 4.98 Å². The number of aliphatic hydroxyl groups is 1. The van der Waals surface area contributed by atoms with E-state index in [9.17, 15) is 5.11 Å². The third-order valence-corrected chi connectivity index (χ3v) is 4.05. The molecule has 0 bridgehead atoms. The van der Waals surface area contributed by atoms with Crippen molar-refractivity contribution in [1.82, 2.24) is 15.0 Å². The highest BCUT2D eigenvalue weighted by Gasteiger charge is 2.23. The predicted octanol–water partition coefficient (Wildman–Crippen LogP) is 2.47. The van der Waals surface area contributed by atoms with E-state index >= 15 is 0 Å². The van der Waals surface area contributed by atoms with E-state index in [0.717, 1.165) is 24.9 Å². The lowest BCUT2D eigenvalue weighted by Crippen LogP contribution is -2.39. The summed E-state index contributed by atoms with van der Waals surface area (Å²) < 4.78 is 5.38. The van der Waals surface area contributed by atoms with Crippen molar-refractivity contribution in [2.45, 2.75) is 38.3 Å². The summed E-state index contributed by atoms with van der Waals surface area (Å²) in [6.07, 6.45) is 4.39. The van der Waals surface area contributed by atoms with E-state index in [0.29, 0.717) is 24.3 Å². The van der Waals surface area contributed by atoms with Crippen LogP contribution in [-0.4, -0.2) is 39.3 Å². The highest BCUT2D eigenvalue weighted by atomic mass is 16.5. The van der Waals surface area contributed by atoms with Crippen LogP contribution in [0.5, 0.6) is 0 Å². The summed E-state index contributed by atoms with van der Waals surface area (Å²) in [4.78, 5) is 6.84. The average Bonchev–Trinajstić information content (AvgIpc) is 2.99. The summed E-state index contributed by atoms with van der Waals surface area (Å²) in [5, 5.41) is 13.2. The van der Waals surface area contributed by atoms with E-state index in [1.54, 1.807) is 0 Å². The number of hydrogen-bond acceptors (Lipinski definition) is 5. The molecule has 0 radical (unpaired) electrons. The minimum Gasteiger partial charge on any atom is -0.396 e. The summed E-state index contributed by atoms with van der Waals surface area (Å²) in [6, 6.07) is 10.3. The molecule has 0 amide bonds. The molecule has 1 saturated heterocycles. The molecule has 2 heterocycles. The highest BCUT2D eigenvalue weighted by molar-refractivity contribution is 5.53. The fourth-order valence-electron chi connectivity index (χ4n) is 2.94. The second-order valence-corrected chi connectivity index (χ2v) is 5.51. The van der Waals surface area contributed by atoms with Gasteiger partial charge in [0.05, 0.1) is 6.54 Å². The highest BCUT2D eigenvalue weighted by Crippen LogP contribution is 2.22. The maximum atomic E-state index is 9.18. The third-order valence-electron chi connectivity index (χ3n) is 4.05. The van der Waals surface area contributed by atoms with Crippen LogP contribution in [0.2, 0.25) is 0 Å². The molecule has 1 N–H and O–H groups in total. The number of hydrogen-bond donors (Lipinski definition) is 1. The van der Waals surface area contributed by atoms with Gasteiger partial charge in [0.1, 0.15) is 0 Å². The van der Waals surface area contributed by atoms with Crippen molar-refractivity contribution in [2.75, 3.05) is 13.2 Å². The van der Waals surface area contributed by atoms with Crippen molar-refractivity contribution in [2.24, 2.45) is 0 Å². The molecule has 5 nitrogen and oxygen atoms in total. The summed E-state index contributed by atoms with van der Waals surface area (Å²) in [5.74, 6) is 1.29. The lowest BCUT2D eigenvalue weighted by molar-refractivity contribution is 0.100. The van der Waals surface area contributed by atoms with E-state index in [2.05, 4.69) is 15.0 Å². The van der Waals surface area contributed by atoms with Crippen molar-refractivity contribution >= 4 is 0 Å². The molecule has 1 aliphatic rings. The van der Waals surface area contributed by atoms with Crippen molar-refractivity contribution < 1.29 is 9.63 Å². The van der Waals surface area contributed by atoms with Crippen LogP contribution in [0.1, 0.15) is 31.6 Å². The van der Waals surface area contributed by atoms with E-state index < -0.39 is 0 Å². The Morgan fingerprint density at radius 2 is 2.10 bits per heavy atom. The molecule has 0 aliphatic carbocycles. The minimum absolute atomic E-state index is 0.236. The van der Waals surface area contributed by atoms with Gasteiger partial charge in [0, 0.05) is 18.2 Å². The maximum absolute atomic E-state index is 9.18. The van der Waals surface area contributed by atoms with Gasteiger partial charge < -0.3 is 9.63 Å². The number of aromatic nitrogens is 2. The summed E-state index contributed by atoms with van der Waals surface area (Å²) in [5.41, 5.74) is 0.970. The number of piperidine rings is 1. The number of rotatable bonds is 5. The zero-order valence-electron chi connectivity index (χ0n) is 12.1. The summed E-state index contributed by atoms with van der Waals surface area (Å²) in [6.45, 7) is 1.94. The monoisotopic (exact) mass is 287 g/mol. The molecule has 1 aliphatic heterocycles. The van der Waals surface area contributed by atoms with E-state index in [4.69, 9.17) is 4.52 Å². The molecule has 1 aromatic heterocycles. The third kappa shape index (κ3) is 3.49. The second kappa shape index (κ2) is 6.83.